The fourth-order valence-electron chi connectivity index (χ4n) is 3.12. The van der Waals surface area contributed by atoms with Gasteiger partial charge < -0.3 is 4.74 Å². The van der Waals surface area contributed by atoms with Crippen molar-refractivity contribution in [2.75, 3.05) is 0 Å². The van der Waals surface area contributed by atoms with E-state index in [2.05, 4.69) is 19.9 Å². The number of hydrogen-bond donors (Lipinski definition) is 0. The molecule has 0 aliphatic heterocycles. The average Bonchev–Trinajstić information content (AvgIpc) is 2.49. The second kappa shape index (κ2) is 5.15. The topological polar surface area (TPSA) is 26.3 Å². The normalized spacial score (nSPS) is 28.1. The molecule has 2 atom stereocenters. The third-order valence-electron chi connectivity index (χ3n) is 3.75. The predicted molar refractivity (Wildman–Crippen MR) is 77.7 cm³/mol. The Morgan fingerprint density at radius 1 is 1.42 bits per heavy atom. The van der Waals surface area contributed by atoms with Gasteiger partial charge >= 0.3 is 5.97 Å². The molecule has 0 aromatic heterocycles. The first kappa shape index (κ1) is 14.4. The van der Waals surface area contributed by atoms with Gasteiger partial charge in [-0.05, 0) is 51.9 Å². The molecular weight excluding hydrogens is 236 g/mol. The second-order valence-corrected chi connectivity index (χ2v) is 7.37. The molecule has 0 amide bonds. The molecule has 106 valence electrons. The van der Waals surface area contributed by atoms with E-state index in [4.69, 9.17) is 4.74 Å². The molecule has 19 heavy (non-hydrogen) atoms. The summed E-state index contributed by atoms with van der Waals surface area (Å²) in [4.78, 5) is 11.8. The SMILES string of the molecule is CC(C)CC1=C[C@@H]2C(=CC(=O)OC(C)(C)C)C[C@@H]2C1. The molecule has 2 aliphatic rings. The smallest absolute Gasteiger partial charge is 0.331 e. The van der Waals surface area contributed by atoms with Crippen molar-refractivity contribution in [1.29, 1.82) is 0 Å². The zero-order valence-corrected chi connectivity index (χ0v) is 12.8. The van der Waals surface area contributed by atoms with Gasteiger partial charge in [0.2, 0.25) is 0 Å². The lowest BCUT2D eigenvalue weighted by atomic mass is 9.71. The van der Waals surface area contributed by atoms with E-state index in [0.29, 0.717) is 5.92 Å². The number of esters is 1. The summed E-state index contributed by atoms with van der Waals surface area (Å²) in [6.45, 7) is 10.2. The number of carbonyl (C=O) groups excluding carboxylic acids is 1. The molecule has 0 heterocycles. The van der Waals surface area contributed by atoms with Crippen LogP contribution in [-0.2, 0) is 9.53 Å². The van der Waals surface area contributed by atoms with Gasteiger partial charge in [-0.1, -0.05) is 31.1 Å². The number of hydrogen-bond acceptors (Lipinski definition) is 2. The summed E-state index contributed by atoms with van der Waals surface area (Å²) in [5.41, 5.74) is 2.45. The van der Waals surface area contributed by atoms with Gasteiger partial charge in [-0.25, -0.2) is 4.79 Å². The van der Waals surface area contributed by atoms with Crippen LogP contribution in [0.25, 0.3) is 0 Å². The Hall–Kier alpha value is -1.05. The molecule has 2 aliphatic carbocycles. The summed E-state index contributed by atoms with van der Waals surface area (Å²) < 4.78 is 5.35. The Bertz CT molecular complexity index is 421. The first-order chi connectivity index (χ1) is 8.74. The van der Waals surface area contributed by atoms with Crippen molar-refractivity contribution in [1.82, 2.24) is 0 Å². The van der Waals surface area contributed by atoms with Crippen LogP contribution in [0.5, 0.6) is 0 Å². The summed E-state index contributed by atoms with van der Waals surface area (Å²) in [6.07, 6.45) is 7.62. The average molecular weight is 262 g/mol. The van der Waals surface area contributed by atoms with E-state index in [1.165, 1.54) is 18.4 Å². The number of rotatable bonds is 3. The number of ether oxygens (including phenoxy) is 1. The number of allylic oxidation sites excluding steroid dienone is 3. The maximum atomic E-state index is 11.8. The lowest BCUT2D eigenvalue weighted by Crippen LogP contribution is -2.27. The van der Waals surface area contributed by atoms with Crippen LogP contribution in [0.15, 0.2) is 23.3 Å². The maximum absolute atomic E-state index is 11.8. The summed E-state index contributed by atoms with van der Waals surface area (Å²) in [6, 6.07) is 0. The van der Waals surface area contributed by atoms with Crippen LogP contribution >= 0.6 is 0 Å². The van der Waals surface area contributed by atoms with Crippen LogP contribution in [0.3, 0.4) is 0 Å². The predicted octanol–water partition coefficient (Wildman–Crippen LogP) is 4.27. The first-order valence-electron chi connectivity index (χ1n) is 7.37. The quantitative estimate of drug-likeness (QED) is 0.431. The van der Waals surface area contributed by atoms with Gasteiger partial charge in [-0.2, -0.15) is 0 Å². The van der Waals surface area contributed by atoms with Crippen molar-refractivity contribution >= 4 is 5.97 Å². The summed E-state index contributed by atoms with van der Waals surface area (Å²) in [5, 5.41) is 0. The van der Waals surface area contributed by atoms with Gasteiger partial charge in [0, 0.05) is 12.0 Å². The van der Waals surface area contributed by atoms with Crippen molar-refractivity contribution in [3.05, 3.63) is 23.3 Å². The number of carbonyl (C=O) groups is 1. The molecule has 2 heteroatoms. The van der Waals surface area contributed by atoms with Gasteiger partial charge in [-0.3, -0.25) is 0 Å². The molecular formula is C17H26O2. The molecule has 1 saturated carbocycles. The Labute approximate surface area is 116 Å². The van der Waals surface area contributed by atoms with Crippen LogP contribution in [0.1, 0.15) is 53.9 Å². The summed E-state index contributed by atoms with van der Waals surface area (Å²) in [7, 11) is 0. The molecule has 2 rings (SSSR count). The van der Waals surface area contributed by atoms with E-state index >= 15 is 0 Å². The summed E-state index contributed by atoms with van der Waals surface area (Å²) in [5.74, 6) is 1.80. The highest BCUT2D eigenvalue weighted by Gasteiger charge is 2.39. The molecule has 0 radical (unpaired) electrons. The van der Waals surface area contributed by atoms with Gasteiger partial charge in [0.25, 0.3) is 0 Å². The molecule has 0 saturated heterocycles. The minimum atomic E-state index is -0.397. The van der Waals surface area contributed by atoms with Crippen molar-refractivity contribution in [2.45, 2.75) is 59.5 Å². The Balaban J connectivity index is 1.95. The Morgan fingerprint density at radius 2 is 2.11 bits per heavy atom. The highest BCUT2D eigenvalue weighted by Crippen LogP contribution is 2.50. The molecule has 1 fully saturated rings. The van der Waals surface area contributed by atoms with Crippen LogP contribution in [-0.4, -0.2) is 11.6 Å². The fraction of sp³-hybridized carbons (Fsp3) is 0.706. The van der Waals surface area contributed by atoms with E-state index in [1.807, 2.05) is 20.8 Å². The highest BCUT2D eigenvalue weighted by molar-refractivity contribution is 5.83. The van der Waals surface area contributed by atoms with Crippen LogP contribution in [0.2, 0.25) is 0 Å². The maximum Gasteiger partial charge on any atom is 0.331 e. The van der Waals surface area contributed by atoms with Crippen molar-refractivity contribution in [2.24, 2.45) is 17.8 Å². The number of fused-ring (bicyclic) bond motifs is 1. The van der Waals surface area contributed by atoms with E-state index in [9.17, 15) is 4.79 Å². The third kappa shape index (κ3) is 3.71. The van der Waals surface area contributed by atoms with Crippen LogP contribution in [0.4, 0.5) is 0 Å². The van der Waals surface area contributed by atoms with E-state index in [0.717, 1.165) is 18.3 Å². The highest BCUT2D eigenvalue weighted by atomic mass is 16.6. The van der Waals surface area contributed by atoms with Crippen molar-refractivity contribution in [3.63, 3.8) is 0 Å². The second-order valence-electron chi connectivity index (χ2n) is 7.37. The Morgan fingerprint density at radius 3 is 2.68 bits per heavy atom. The van der Waals surface area contributed by atoms with E-state index < -0.39 is 5.60 Å². The molecule has 0 aromatic carbocycles. The lowest BCUT2D eigenvalue weighted by molar-refractivity contribution is -0.148. The zero-order valence-electron chi connectivity index (χ0n) is 12.8. The fourth-order valence-corrected chi connectivity index (χ4v) is 3.12. The summed E-state index contributed by atoms with van der Waals surface area (Å²) >= 11 is 0. The molecule has 0 N–H and O–H groups in total. The minimum absolute atomic E-state index is 0.188. The van der Waals surface area contributed by atoms with Crippen molar-refractivity contribution in [3.8, 4) is 0 Å². The lowest BCUT2D eigenvalue weighted by Gasteiger charge is -2.34. The van der Waals surface area contributed by atoms with Gasteiger partial charge in [0.05, 0.1) is 0 Å². The van der Waals surface area contributed by atoms with Crippen LogP contribution in [0, 0.1) is 17.8 Å². The van der Waals surface area contributed by atoms with Gasteiger partial charge in [0.1, 0.15) is 5.60 Å². The van der Waals surface area contributed by atoms with Crippen molar-refractivity contribution < 1.29 is 9.53 Å². The van der Waals surface area contributed by atoms with Gasteiger partial charge in [0.15, 0.2) is 0 Å². The largest absolute Gasteiger partial charge is 0.457 e. The standard InChI is InChI=1S/C17H26O2/c1-11(2)6-12-7-13-9-14(15(13)8-12)10-16(18)19-17(3,4)5/h8,10-11,13,15H,6-7,9H2,1-5H3/t13-,15-/m0/s1. The molecule has 0 spiro atoms. The third-order valence-corrected chi connectivity index (χ3v) is 3.75. The van der Waals surface area contributed by atoms with Crippen LogP contribution < -0.4 is 0 Å². The Kier molecular flexibility index (Phi) is 3.89. The van der Waals surface area contributed by atoms with E-state index in [-0.39, 0.29) is 5.97 Å². The monoisotopic (exact) mass is 262 g/mol. The molecule has 2 nitrogen and oxygen atoms in total. The molecule has 0 bridgehead atoms. The first-order valence-corrected chi connectivity index (χ1v) is 7.37. The zero-order chi connectivity index (χ0) is 14.2. The molecule has 0 aromatic rings. The van der Waals surface area contributed by atoms with Gasteiger partial charge in [-0.15, -0.1) is 0 Å². The van der Waals surface area contributed by atoms with E-state index in [1.54, 1.807) is 11.6 Å². The minimum Gasteiger partial charge on any atom is -0.457 e. The molecule has 0 unspecified atom stereocenters.